The van der Waals surface area contributed by atoms with E-state index in [0.717, 1.165) is 21.5 Å². The molecule has 7 heteroatoms. The lowest BCUT2D eigenvalue weighted by molar-refractivity contribution is -0.119. The zero-order valence-electron chi connectivity index (χ0n) is 16.8. The van der Waals surface area contributed by atoms with Gasteiger partial charge in [-0.25, -0.2) is 9.78 Å². The summed E-state index contributed by atoms with van der Waals surface area (Å²) in [6.45, 7) is 1.93. The second-order valence-corrected chi connectivity index (χ2v) is 7.88. The van der Waals surface area contributed by atoms with Gasteiger partial charge in [0.2, 0.25) is 0 Å². The normalized spacial score (nSPS) is 10.6. The van der Waals surface area contributed by atoms with Crippen molar-refractivity contribution < 1.29 is 19.1 Å². The summed E-state index contributed by atoms with van der Waals surface area (Å²) in [6.07, 6.45) is 0. The van der Waals surface area contributed by atoms with E-state index in [1.165, 1.54) is 0 Å². The van der Waals surface area contributed by atoms with Crippen LogP contribution < -0.4 is 10.1 Å². The van der Waals surface area contributed by atoms with E-state index in [2.05, 4.69) is 10.3 Å². The van der Waals surface area contributed by atoms with E-state index in [1.54, 1.807) is 35.6 Å². The highest BCUT2D eigenvalue weighted by atomic mass is 32.1. The van der Waals surface area contributed by atoms with E-state index < -0.39 is 11.9 Å². The fourth-order valence-electron chi connectivity index (χ4n) is 3.05. The highest BCUT2D eigenvalue weighted by Crippen LogP contribution is 2.23. The fraction of sp³-hybridized carbons (Fsp3) is 0.125. The van der Waals surface area contributed by atoms with Gasteiger partial charge in [-0.15, -0.1) is 11.3 Å². The molecule has 0 spiro atoms. The summed E-state index contributed by atoms with van der Waals surface area (Å²) < 4.78 is 10.8. The molecule has 4 aromatic rings. The maximum absolute atomic E-state index is 12.3. The van der Waals surface area contributed by atoms with Crippen molar-refractivity contribution >= 4 is 39.7 Å². The number of ether oxygens (including phenoxy) is 2. The van der Waals surface area contributed by atoms with Gasteiger partial charge in [-0.3, -0.25) is 4.79 Å². The minimum Gasteiger partial charge on any atom is -0.487 e. The van der Waals surface area contributed by atoms with Gasteiger partial charge >= 0.3 is 5.97 Å². The van der Waals surface area contributed by atoms with Gasteiger partial charge in [0.15, 0.2) is 6.61 Å². The maximum Gasteiger partial charge on any atom is 0.338 e. The van der Waals surface area contributed by atoms with E-state index >= 15 is 0 Å². The first-order chi connectivity index (χ1) is 15.1. The van der Waals surface area contributed by atoms with Crippen LogP contribution in [-0.4, -0.2) is 23.5 Å². The molecule has 156 valence electrons. The van der Waals surface area contributed by atoms with Crippen LogP contribution >= 0.6 is 11.3 Å². The number of nitrogens with zero attached hydrogens (tertiary/aromatic N) is 1. The minimum absolute atomic E-state index is 0.342. The first-order valence-electron chi connectivity index (χ1n) is 9.67. The number of hydrogen-bond donors (Lipinski definition) is 1. The predicted molar refractivity (Wildman–Crippen MR) is 120 cm³/mol. The van der Waals surface area contributed by atoms with Crippen LogP contribution in [-0.2, 0) is 16.1 Å². The number of thiazole rings is 1. The molecule has 0 unspecified atom stereocenters. The van der Waals surface area contributed by atoms with Gasteiger partial charge in [-0.2, -0.15) is 0 Å². The summed E-state index contributed by atoms with van der Waals surface area (Å²) >= 11 is 1.57. The van der Waals surface area contributed by atoms with Crippen LogP contribution in [0.2, 0.25) is 0 Å². The second-order valence-electron chi connectivity index (χ2n) is 6.82. The van der Waals surface area contributed by atoms with E-state index in [0.29, 0.717) is 23.6 Å². The highest BCUT2D eigenvalue weighted by molar-refractivity contribution is 7.09. The molecule has 1 aromatic heterocycles. The number of nitrogens with one attached hydrogen (secondary N) is 1. The zero-order chi connectivity index (χ0) is 21.6. The number of aryl methyl sites for hydroxylation is 1. The molecule has 1 heterocycles. The van der Waals surface area contributed by atoms with Gasteiger partial charge in [-0.1, -0.05) is 36.4 Å². The maximum atomic E-state index is 12.3. The Hall–Kier alpha value is -3.71. The van der Waals surface area contributed by atoms with Crippen LogP contribution in [0.15, 0.2) is 72.1 Å². The van der Waals surface area contributed by atoms with Gasteiger partial charge in [0, 0.05) is 16.5 Å². The molecule has 4 rings (SSSR count). The minimum atomic E-state index is -0.574. The number of benzene rings is 3. The van der Waals surface area contributed by atoms with Gasteiger partial charge in [-0.05, 0) is 42.6 Å². The number of esters is 1. The van der Waals surface area contributed by atoms with Crippen molar-refractivity contribution in [3.05, 3.63) is 88.4 Å². The summed E-state index contributed by atoms with van der Waals surface area (Å²) in [5, 5.41) is 7.67. The molecule has 0 fully saturated rings. The number of amides is 1. The molecule has 0 atom stereocenters. The monoisotopic (exact) mass is 432 g/mol. The van der Waals surface area contributed by atoms with Crippen LogP contribution in [0.3, 0.4) is 0 Å². The third-order valence-electron chi connectivity index (χ3n) is 4.54. The molecular formula is C24H20N2O4S. The SMILES string of the molecule is Cc1nc(COc2ccc(C(=O)OCC(=O)Nc3cccc4ccccc34)cc2)cs1. The molecule has 3 aromatic carbocycles. The Labute approximate surface area is 183 Å². The molecule has 0 aliphatic carbocycles. The van der Waals surface area contributed by atoms with E-state index in [1.807, 2.05) is 54.8 Å². The molecule has 0 saturated carbocycles. The number of fused-ring (bicyclic) bond motifs is 1. The lowest BCUT2D eigenvalue weighted by Gasteiger charge is -2.10. The molecular weight excluding hydrogens is 412 g/mol. The quantitative estimate of drug-likeness (QED) is 0.417. The average Bonchev–Trinajstić information content (AvgIpc) is 3.22. The van der Waals surface area contributed by atoms with Crippen molar-refractivity contribution in [2.45, 2.75) is 13.5 Å². The van der Waals surface area contributed by atoms with Crippen LogP contribution in [0.5, 0.6) is 5.75 Å². The molecule has 6 nitrogen and oxygen atoms in total. The van der Waals surface area contributed by atoms with Crippen molar-refractivity contribution in [1.82, 2.24) is 4.98 Å². The Kier molecular flexibility index (Phi) is 6.24. The Balaban J connectivity index is 1.29. The summed E-state index contributed by atoms with van der Waals surface area (Å²) in [6, 6.07) is 20.0. The van der Waals surface area contributed by atoms with Crippen LogP contribution in [0.4, 0.5) is 5.69 Å². The number of carbonyl (C=O) groups excluding carboxylic acids is 2. The molecule has 1 amide bonds. The fourth-order valence-corrected chi connectivity index (χ4v) is 3.65. The Morgan fingerprint density at radius 2 is 1.77 bits per heavy atom. The number of carbonyl (C=O) groups is 2. The Bertz CT molecular complexity index is 1210. The largest absolute Gasteiger partial charge is 0.487 e. The summed E-state index contributed by atoms with van der Waals surface area (Å²) in [5.74, 6) is -0.353. The zero-order valence-corrected chi connectivity index (χ0v) is 17.6. The molecule has 1 N–H and O–H groups in total. The van der Waals surface area contributed by atoms with Crippen molar-refractivity contribution in [2.24, 2.45) is 0 Å². The molecule has 0 aliphatic heterocycles. The number of hydrogen-bond acceptors (Lipinski definition) is 6. The van der Waals surface area contributed by atoms with E-state index in [9.17, 15) is 9.59 Å². The van der Waals surface area contributed by atoms with E-state index in [-0.39, 0.29) is 6.61 Å². The van der Waals surface area contributed by atoms with Crippen LogP contribution in [0, 0.1) is 6.92 Å². The Morgan fingerprint density at radius 3 is 2.55 bits per heavy atom. The average molecular weight is 433 g/mol. The van der Waals surface area contributed by atoms with Crippen molar-refractivity contribution in [3.8, 4) is 5.75 Å². The smallest absolute Gasteiger partial charge is 0.338 e. The molecule has 0 saturated heterocycles. The number of rotatable bonds is 7. The highest BCUT2D eigenvalue weighted by Gasteiger charge is 2.12. The third-order valence-corrected chi connectivity index (χ3v) is 5.36. The van der Waals surface area contributed by atoms with Gasteiger partial charge in [0.25, 0.3) is 5.91 Å². The van der Waals surface area contributed by atoms with Gasteiger partial charge < -0.3 is 14.8 Å². The molecule has 0 aliphatic rings. The van der Waals surface area contributed by atoms with E-state index in [4.69, 9.17) is 9.47 Å². The lowest BCUT2D eigenvalue weighted by Crippen LogP contribution is -2.21. The predicted octanol–water partition coefficient (Wildman–Crippen LogP) is 4.98. The second kappa shape index (κ2) is 9.40. The lowest BCUT2D eigenvalue weighted by atomic mass is 10.1. The molecule has 0 bridgehead atoms. The first kappa shape index (κ1) is 20.6. The van der Waals surface area contributed by atoms with Crippen LogP contribution in [0.1, 0.15) is 21.1 Å². The van der Waals surface area contributed by atoms with Crippen molar-refractivity contribution in [3.63, 3.8) is 0 Å². The topological polar surface area (TPSA) is 77.5 Å². The molecule has 31 heavy (non-hydrogen) atoms. The van der Waals surface area contributed by atoms with Crippen molar-refractivity contribution in [2.75, 3.05) is 11.9 Å². The summed E-state index contributed by atoms with van der Waals surface area (Å²) in [4.78, 5) is 28.9. The first-order valence-corrected chi connectivity index (χ1v) is 10.5. The van der Waals surface area contributed by atoms with Crippen LogP contribution in [0.25, 0.3) is 10.8 Å². The number of aromatic nitrogens is 1. The standard InChI is InChI=1S/C24H20N2O4S/c1-16-25-19(15-31-16)13-29-20-11-9-18(10-12-20)24(28)30-14-23(27)26-22-8-4-6-17-5-2-3-7-21(17)22/h2-12,15H,13-14H2,1H3,(H,26,27). The van der Waals surface area contributed by atoms with Gasteiger partial charge in [0.1, 0.15) is 12.4 Å². The van der Waals surface area contributed by atoms with Gasteiger partial charge in [0.05, 0.1) is 16.3 Å². The summed E-state index contributed by atoms with van der Waals surface area (Å²) in [7, 11) is 0. The molecule has 0 radical (unpaired) electrons. The number of anilines is 1. The summed E-state index contributed by atoms with van der Waals surface area (Å²) in [5.41, 5.74) is 1.88. The van der Waals surface area contributed by atoms with Crippen molar-refractivity contribution in [1.29, 1.82) is 0 Å². The third kappa shape index (κ3) is 5.26. The Morgan fingerprint density at radius 1 is 1.00 bits per heavy atom.